The molecule has 0 amide bonds. The van der Waals surface area contributed by atoms with E-state index in [0.29, 0.717) is 0 Å². The highest BCUT2D eigenvalue weighted by Gasteiger charge is 2.08. The van der Waals surface area contributed by atoms with Crippen molar-refractivity contribution in [1.29, 1.82) is 0 Å². The smallest absolute Gasteiger partial charge is 0.263 e. The van der Waals surface area contributed by atoms with Crippen LogP contribution in [0.2, 0.25) is 0 Å². The fourth-order valence-electron chi connectivity index (χ4n) is 1.75. The van der Waals surface area contributed by atoms with Crippen LogP contribution in [0.15, 0.2) is 48.5 Å². The topological polar surface area (TPSA) is 20.2 Å². The molecule has 2 aromatic rings. The molecule has 0 aromatic heterocycles. The van der Waals surface area contributed by atoms with Crippen molar-refractivity contribution < 1.29 is 13.9 Å². The first-order valence-electron chi connectivity index (χ1n) is 5.29. The number of halogens is 2. The number of alkyl halides is 2. The van der Waals surface area contributed by atoms with Gasteiger partial charge in [-0.05, 0) is 16.7 Å². The van der Waals surface area contributed by atoms with Gasteiger partial charge in [0.05, 0.1) is 6.61 Å². The fourth-order valence-corrected chi connectivity index (χ4v) is 1.75. The molecule has 0 aliphatic heterocycles. The average Bonchev–Trinajstić information content (AvgIpc) is 2.39. The second-order valence-electron chi connectivity index (χ2n) is 3.74. The van der Waals surface area contributed by atoms with E-state index in [-0.39, 0.29) is 12.2 Å². The van der Waals surface area contributed by atoms with Crippen LogP contribution < -0.4 is 0 Å². The van der Waals surface area contributed by atoms with E-state index in [1.54, 1.807) is 12.1 Å². The van der Waals surface area contributed by atoms with Gasteiger partial charge in [-0.3, -0.25) is 0 Å². The van der Waals surface area contributed by atoms with Gasteiger partial charge in [-0.2, -0.15) is 0 Å². The zero-order chi connectivity index (χ0) is 12.3. The molecule has 0 unspecified atom stereocenters. The molecule has 88 valence electrons. The van der Waals surface area contributed by atoms with Crippen molar-refractivity contribution in [2.45, 2.75) is 13.0 Å². The Hall–Kier alpha value is -1.74. The van der Waals surface area contributed by atoms with E-state index in [1.807, 2.05) is 24.3 Å². The van der Waals surface area contributed by atoms with Gasteiger partial charge in [-0.15, -0.1) is 0 Å². The van der Waals surface area contributed by atoms with E-state index in [9.17, 15) is 13.9 Å². The van der Waals surface area contributed by atoms with Crippen molar-refractivity contribution in [2.24, 2.45) is 0 Å². The Morgan fingerprint density at radius 3 is 2.18 bits per heavy atom. The fraction of sp³-hybridized carbons (Fsp3) is 0.143. The number of rotatable bonds is 3. The van der Waals surface area contributed by atoms with Crippen LogP contribution >= 0.6 is 0 Å². The lowest BCUT2D eigenvalue weighted by Gasteiger charge is -2.08. The number of benzene rings is 2. The summed E-state index contributed by atoms with van der Waals surface area (Å²) in [4.78, 5) is 0. The number of hydrogen-bond acceptors (Lipinski definition) is 1. The maximum atomic E-state index is 12.4. The summed E-state index contributed by atoms with van der Waals surface area (Å²) in [5.74, 6) is 0. The summed E-state index contributed by atoms with van der Waals surface area (Å²) in [6.07, 6.45) is -2.45. The largest absolute Gasteiger partial charge is 0.392 e. The molecule has 3 heteroatoms. The molecule has 17 heavy (non-hydrogen) atoms. The maximum Gasteiger partial charge on any atom is 0.263 e. The molecule has 1 nitrogen and oxygen atoms in total. The van der Waals surface area contributed by atoms with Crippen molar-refractivity contribution in [2.75, 3.05) is 0 Å². The van der Waals surface area contributed by atoms with Crippen LogP contribution in [0.25, 0.3) is 11.1 Å². The van der Waals surface area contributed by atoms with Crippen molar-refractivity contribution in [3.05, 3.63) is 59.7 Å². The van der Waals surface area contributed by atoms with E-state index in [2.05, 4.69) is 0 Å². The highest BCUT2D eigenvalue weighted by molar-refractivity contribution is 5.67. The predicted octanol–water partition coefficient (Wildman–Crippen LogP) is 3.78. The first kappa shape index (κ1) is 11.7. The third-order valence-electron chi connectivity index (χ3n) is 2.66. The Morgan fingerprint density at radius 2 is 1.59 bits per heavy atom. The van der Waals surface area contributed by atoms with Gasteiger partial charge in [0.15, 0.2) is 0 Å². The molecule has 0 heterocycles. The average molecular weight is 234 g/mol. The molecular formula is C14H12F2O. The first-order chi connectivity index (χ1) is 8.22. The summed E-state index contributed by atoms with van der Waals surface area (Å²) in [7, 11) is 0. The van der Waals surface area contributed by atoms with Gasteiger partial charge in [0.1, 0.15) is 0 Å². The Morgan fingerprint density at radius 1 is 0.941 bits per heavy atom. The molecule has 0 fully saturated rings. The second-order valence-corrected chi connectivity index (χ2v) is 3.74. The van der Waals surface area contributed by atoms with Crippen LogP contribution in [0.5, 0.6) is 0 Å². The summed E-state index contributed by atoms with van der Waals surface area (Å²) in [5, 5.41) is 9.20. The quantitative estimate of drug-likeness (QED) is 0.856. The highest BCUT2D eigenvalue weighted by Crippen LogP contribution is 2.26. The third-order valence-corrected chi connectivity index (χ3v) is 2.66. The minimum atomic E-state index is -2.45. The SMILES string of the molecule is OCc1ccccc1-c1ccc(C(F)F)cc1. The minimum absolute atomic E-state index is 0.00947. The summed E-state index contributed by atoms with van der Waals surface area (Å²) in [6, 6.07) is 13.5. The van der Waals surface area contributed by atoms with Gasteiger partial charge >= 0.3 is 0 Å². The van der Waals surface area contributed by atoms with Crippen LogP contribution in [0.1, 0.15) is 17.6 Å². The molecule has 0 spiro atoms. The molecule has 2 aromatic carbocycles. The molecule has 2 rings (SSSR count). The molecule has 0 atom stereocenters. The molecule has 0 aliphatic rings. The molecule has 0 saturated carbocycles. The summed E-state index contributed by atoms with van der Waals surface area (Å²) < 4.78 is 24.8. The molecule has 0 radical (unpaired) electrons. The zero-order valence-electron chi connectivity index (χ0n) is 9.11. The van der Waals surface area contributed by atoms with Crippen LogP contribution in [0.3, 0.4) is 0 Å². The van der Waals surface area contributed by atoms with Crippen LogP contribution in [-0.4, -0.2) is 5.11 Å². The van der Waals surface area contributed by atoms with Gasteiger partial charge in [0.2, 0.25) is 0 Å². The van der Waals surface area contributed by atoms with E-state index in [1.165, 1.54) is 12.1 Å². The van der Waals surface area contributed by atoms with Gasteiger partial charge in [0.25, 0.3) is 6.43 Å². The lowest BCUT2D eigenvalue weighted by atomic mass is 9.99. The Balaban J connectivity index is 2.40. The molecule has 0 bridgehead atoms. The van der Waals surface area contributed by atoms with E-state index in [4.69, 9.17) is 0 Å². The lowest BCUT2D eigenvalue weighted by Crippen LogP contribution is -1.89. The Labute approximate surface area is 98.3 Å². The van der Waals surface area contributed by atoms with Crippen molar-refractivity contribution in [1.82, 2.24) is 0 Å². The molecule has 0 saturated heterocycles. The van der Waals surface area contributed by atoms with Crippen molar-refractivity contribution in [3.63, 3.8) is 0 Å². The van der Waals surface area contributed by atoms with Gasteiger partial charge < -0.3 is 5.11 Å². The van der Waals surface area contributed by atoms with Crippen molar-refractivity contribution >= 4 is 0 Å². The monoisotopic (exact) mass is 234 g/mol. The van der Waals surface area contributed by atoms with Crippen molar-refractivity contribution in [3.8, 4) is 11.1 Å². The van der Waals surface area contributed by atoms with Crippen LogP contribution in [0, 0.1) is 0 Å². The number of aliphatic hydroxyl groups excluding tert-OH is 1. The van der Waals surface area contributed by atoms with Gasteiger partial charge in [-0.25, -0.2) is 8.78 Å². The van der Waals surface area contributed by atoms with E-state index in [0.717, 1.165) is 16.7 Å². The van der Waals surface area contributed by atoms with Gasteiger partial charge in [0, 0.05) is 5.56 Å². The first-order valence-corrected chi connectivity index (χ1v) is 5.29. The van der Waals surface area contributed by atoms with Crippen LogP contribution in [-0.2, 0) is 6.61 Å². The van der Waals surface area contributed by atoms with E-state index >= 15 is 0 Å². The summed E-state index contributed by atoms with van der Waals surface area (Å²) >= 11 is 0. The Bertz CT molecular complexity index is 492. The number of aliphatic hydroxyl groups is 1. The number of hydrogen-bond donors (Lipinski definition) is 1. The highest BCUT2D eigenvalue weighted by atomic mass is 19.3. The predicted molar refractivity (Wildman–Crippen MR) is 62.8 cm³/mol. The summed E-state index contributed by atoms with van der Waals surface area (Å²) in [6.45, 7) is -0.0627. The molecule has 1 N–H and O–H groups in total. The summed E-state index contributed by atoms with van der Waals surface area (Å²) in [5.41, 5.74) is 2.50. The minimum Gasteiger partial charge on any atom is -0.392 e. The lowest BCUT2D eigenvalue weighted by molar-refractivity contribution is 0.151. The molecule has 0 aliphatic carbocycles. The molecular weight excluding hydrogens is 222 g/mol. The second kappa shape index (κ2) is 5.06. The third kappa shape index (κ3) is 2.50. The Kier molecular flexibility index (Phi) is 3.49. The standard InChI is InChI=1S/C14H12F2O/c15-14(16)11-7-5-10(6-8-11)13-4-2-1-3-12(13)9-17/h1-8,14,17H,9H2. The van der Waals surface area contributed by atoms with E-state index < -0.39 is 6.43 Å². The van der Waals surface area contributed by atoms with Crippen LogP contribution in [0.4, 0.5) is 8.78 Å². The zero-order valence-corrected chi connectivity index (χ0v) is 9.11. The van der Waals surface area contributed by atoms with Gasteiger partial charge in [-0.1, -0.05) is 48.5 Å². The normalized spacial score (nSPS) is 10.8. The maximum absolute atomic E-state index is 12.4.